The fourth-order valence-electron chi connectivity index (χ4n) is 1.40. The van der Waals surface area contributed by atoms with Crippen molar-refractivity contribution in [2.75, 3.05) is 13.7 Å². The number of benzene rings is 1. The van der Waals surface area contributed by atoms with Crippen molar-refractivity contribution < 1.29 is 4.74 Å². The quantitative estimate of drug-likeness (QED) is 0.824. The highest BCUT2D eigenvalue weighted by Gasteiger charge is 2.02. The summed E-state index contributed by atoms with van der Waals surface area (Å²) in [5, 5.41) is 0. The molecule has 2 N–H and O–H groups in total. The predicted octanol–water partition coefficient (Wildman–Crippen LogP) is 2.74. The number of aryl methyl sites for hydroxylation is 1. The van der Waals surface area contributed by atoms with Crippen molar-refractivity contribution in [3.63, 3.8) is 0 Å². The van der Waals surface area contributed by atoms with Gasteiger partial charge in [-0.05, 0) is 49.6 Å². The molecule has 78 valence electrons. The van der Waals surface area contributed by atoms with Gasteiger partial charge in [-0.15, -0.1) is 0 Å². The maximum absolute atomic E-state index is 5.45. The van der Waals surface area contributed by atoms with Gasteiger partial charge in [-0.2, -0.15) is 0 Å². The lowest BCUT2D eigenvalue weighted by Crippen LogP contribution is -1.99. The smallest absolute Gasteiger partial charge is 0.122 e. The zero-order valence-corrected chi connectivity index (χ0v) is 10.0. The van der Waals surface area contributed by atoms with Crippen LogP contribution in [0.4, 0.5) is 0 Å². The molecule has 0 fully saturated rings. The van der Waals surface area contributed by atoms with Gasteiger partial charge in [-0.1, -0.05) is 15.9 Å². The zero-order valence-electron chi connectivity index (χ0n) is 8.42. The molecular formula is C11H16BrNO. The van der Waals surface area contributed by atoms with Crippen LogP contribution in [0.2, 0.25) is 0 Å². The first-order valence-electron chi connectivity index (χ1n) is 4.80. The third-order valence-electron chi connectivity index (χ3n) is 2.14. The second-order valence-corrected chi connectivity index (χ2v) is 4.12. The molecule has 1 aromatic rings. The molecule has 14 heavy (non-hydrogen) atoms. The van der Waals surface area contributed by atoms with Gasteiger partial charge in [-0.25, -0.2) is 0 Å². The van der Waals surface area contributed by atoms with Gasteiger partial charge >= 0.3 is 0 Å². The van der Waals surface area contributed by atoms with Gasteiger partial charge in [0.25, 0.3) is 0 Å². The molecule has 0 aromatic heterocycles. The molecular weight excluding hydrogens is 242 g/mol. The summed E-state index contributed by atoms with van der Waals surface area (Å²) in [7, 11) is 1.70. The minimum absolute atomic E-state index is 0.760. The Morgan fingerprint density at radius 1 is 1.36 bits per heavy atom. The summed E-state index contributed by atoms with van der Waals surface area (Å²) < 4.78 is 6.38. The molecule has 0 aliphatic rings. The summed E-state index contributed by atoms with van der Waals surface area (Å²) in [5.74, 6) is 0.963. The topological polar surface area (TPSA) is 35.2 Å². The van der Waals surface area contributed by atoms with Gasteiger partial charge in [0.05, 0.1) is 7.11 Å². The molecule has 0 saturated carbocycles. The number of rotatable bonds is 5. The minimum Gasteiger partial charge on any atom is -0.496 e. The Morgan fingerprint density at radius 3 is 2.79 bits per heavy atom. The van der Waals surface area contributed by atoms with E-state index < -0.39 is 0 Å². The van der Waals surface area contributed by atoms with Gasteiger partial charge in [0.1, 0.15) is 5.75 Å². The Labute approximate surface area is 93.6 Å². The fourth-order valence-corrected chi connectivity index (χ4v) is 1.81. The van der Waals surface area contributed by atoms with Crippen LogP contribution >= 0.6 is 15.9 Å². The van der Waals surface area contributed by atoms with E-state index in [9.17, 15) is 0 Å². The average molecular weight is 258 g/mol. The van der Waals surface area contributed by atoms with Gasteiger partial charge in [-0.3, -0.25) is 0 Å². The lowest BCUT2D eigenvalue weighted by molar-refractivity contribution is 0.409. The summed E-state index contributed by atoms with van der Waals surface area (Å²) >= 11 is 3.45. The van der Waals surface area contributed by atoms with E-state index in [0.717, 1.165) is 36.0 Å². The average Bonchev–Trinajstić information content (AvgIpc) is 2.19. The number of halogens is 1. The van der Waals surface area contributed by atoms with E-state index in [1.807, 2.05) is 12.1 Å². The second-order valence-electron chi connectivity index (χ2n) is 3.20. The number of ether oxygens (including phenoxy) is 1. The van der Waals surface area contributed by atoms with Gasteiger partial charge in [0.15, 0.2) is 0 Å². The van der Waals surface area contributed by atoms with Crippen LogP contribution in [0.5, 0.6) is 5.75 Å². The molecule has 1 aromatic carbocycles. The predicted molar refractivity (Wildman–Crippen MR) is 62.7 cm³/mol. The molecule has 0 saturated heterocycles. The number of hydrogen-bond acceptors (Lipinski definition) is 2. The molecule has 3 heteroatoms. The molecule has 0 atom stereocenters. The molecule has 2 nitrogen and oxygen atoms in total. The van der Waals surface area contributed by atoms with E-state index >= 15 is 0 Å². The van der Waals surface area contributed by atoms with E-state index in [0.29, 0.717) is 0 Å². The maximum Gasteiger partial charge on any atom is 0.122 e. The third-order valence-corrected chi connectivity index (χ3v) is 2.64. The molecule has 0 spiro atoms. The Hall–Kier alpha value is -0.540. The first-order chi connectivity index (χ1) is 6.77. The van der Waals surface area contributed by atoms with Crippen molar-refractivity contribution in [2.24, 2.45) is 5.73 Å². The van der Waals surface area contributed by atoms with E-state index in [1.165, 1.54) is 5.56 Å². The van der Waals surface area contributed by atoms with Gasteiger partial charge < -0.3 is 10.5 Å². The minimum atomic E-state index is 0.760. The van der Waals surface area contributed by atoms with Crippen molar-refractivity contribution in [3.05, 3.63) is 28.2 Å². The van der Waals surface area contributed by atoms with Crippen LogP contribution < -0.4 is 10.5 Å². The van der Waals surface area contributed by atoms with Crippen LogP contribution in [0.15, 0.2) is 22.7 Å². The number of unbranched alkanes of at least 4 members (excludes halogenated alkanes) is 1. The molecule has 0 unspecified atom stereocenters. The molecule has 0 radical (unpaired) electrons. The Morgan fingerprint density at radius 2 is 2.14 bits per heavy atom. The van der Waals surface area contributed by atoms with Crippen LogP contribution in [0, 0.1) is 0 Å². The van der Waals surface area contributed by atoms with E-state index in [-0.39, 0.29) is 0 Å². The highest BCUT2D eigenvalue weighted by atomic mass is 79.9. The van der Waals surface area contributed by atoms with Crippen molar-refractivity contribution >= 4 is 15.9 Å². The first-order valence-corrected chi connectivity index (χ1v) is 5.59. The lowest BCUT2D eigenvalue weighted by Gasteiger charge is -2.08. The number of methoxy groups -OCH3 is 1. The van der Waals surface area contributed by atoms with E-state index in [4.69, 9.17) is 10.5 Å². The highest BCUT2D eigenvalue weighted by Crippen LogP contribution is 2.24. The standard InChI is InChI=1S/C11H16BrNO/c1-14-11-6-5-10(12)8-9(11)4-2-3-7-13/h5-6,8H,2-4,7,13H2,1H3. The lowest BCUT2D eigenvalue weighted by atomic mass is 10.1. The summed E-state index contributed by atoms with van der Waals surface area (Å²) in [4.78, 5) is 0. The van der Waals surface area contributed by atoms with Crippen molar-refractivity contribution in [3.8, 4) is 5.75 Å². The summed E-state index contributed by atoms with van der Waals surface area (Å²) in [5.41, 5.74) is 6.70. The molecule has 0 heterocycles. The van der Waals surface area contributed by atoms with Gasteiger partial charge in [0, 0.05) is 4.47 Å². The first kappa shape index (κ1) is 11.5. The normalized spacial score (nSPS) is 10.2. The van der Waals surface area contributed by atoms with Crippen molar-refractivity contribution in [2.45, 2.75) is 19.3 Å². The Kier molecular flexibility index (Phi) is 4.98. The summed E-state index contributed by atoms with van der Waals surface area (Å²) in [6, 6.07) is 6.09. The number of nitrogens with two attached hydrogens (primary N) is 1. The summed E-state index contributed by atoms with van der Waals surface area (Å²) in [6.45, 7) is 0.760. The van der Waals surface area contributed by atoms with Crippen LogP contribution in [0.1, 0.15) is 18.4 Å². The Bertz CT molecular complexity index is 289. The summed E-state index contributed by atoms with van der Waals surface area (Å²) in [6.07, 6.45) is 3.21. The maximum atomic E-state index is 5.45. The SMILES string of the molecule is COc1ccc(Br)cc1CCCCN. The Balaban J connectivity index is 2.67. The van der Waals surface area contributed by atoms with Crippen molar-refractivity contribution in [1.29, 1.82) is 0 Å². The van der Waals surface area contributed by atoms with E-state index in [1.54, 1.807) is 7.11 Å². The largest absolute Gasteiger partial charge is 0.496 e. The molecule has 0 bridgehead atoms. The third kappa shape index (κ3) is 3.31. The number of hydrogen-bond donors (Lipinski definition) is 1. The van der Waals surface area contributed by atoms with E-state index in [2.05, 4.69) is 22.0 Å². The van der Waals surface area contributed by atoms with Crippen LogP contribution in [-0.2, 0) is 6.42 Å². The highest BCUT2D eigenvalue weighted by molar-refractivity contribution is 9.10. The van der Waals surface area contributed by atoms with Crippen LogP contribution in [0.25, 0.3) is 0 Å². The zero-order chi connectivity index (χ0) is 10.4. The monoisotopic (exact) mass is 257 g/mol. The van der Waals surface area contributed by atoms with Crippen molar-refractivity contribution in [1.82, 2.24) is 0 Å². The molecule has 1 rings (SSSR count). The fraction of sp³-hybridized carbons (Fsp3) is 0.455. The van der Waals surface area contributed by atoms with Crippen LogP contribution in [0.3, 0.4) is 0 Å². The molecule has 0 aliphatic heterocycles. The second kappa shape index (κ2) is 6.04. The molecule has 0 amide bonds. The van der Waals surface area contributed by atoms with Gasteiger partial charge in [0.2, 0.25) is 0 Å². The van der Waals surface area contributed by atoms with Crippen LogP contribution in [-0.4, -0.2) is 13.7 Å². The molecule has 0 aliphatic carbocycles.